The summed E-state index contributed by atoms with van der Waals surface area (Å²) in [5, 5.41) is 0.169. The SMILES string of the molecule is CC(=O)Oc1cc(-c2ccc3ncsc3c2)cnc1Cl. The molecule has 0 saturated carbocycles. The van der Waals surface area contributed by atoms with Gasteiger partial charge in [0.25, 0.3) is 0 Å². The first-order chi connectivity index (χ1) is 9.63. The summed E-state index contributed by atoms with van der Waals surface area (Å²) in [5.74, 6) is -0.162. The third-order valence-electron chi connectivity index (χ3n) is 2.73. The molecule has 3 rings (SSSR count). The Bertz CT molecular complexity index is 801. The largest absolute Gasteiger partial charge is 0.423 e. The van der Waals surface area contributed by atoms with Gasteiger partial charge < -0.3 is 4.74 Å². The molecule has 4 nitrogen and oxygen atoms in total. The fraction of sp³-hybridized carbons (Fsp3) is 0.0714. The zero-order valence-electron chi connectivity index (χ0n) is 10.5. The summed E-state index contributed by atoms with van der Waals surface area (Å²) in [6.45, 7) is 1.33. The summed E-state index contributed by atoms with van der Waals surface area (Å²) < 4.78 is 6.13. The monoisotopic (exact) mass is 304 g/mol. The normalized spacial score (nSPS) is 10.7. The summed E-state index contributed by atoms with van der Waals surface area (Å²) in [5.41, 5.74) is 4.57. The highest BCUT2D eigenvalue weighted by Gasteiger charge is 2.09. The van der Waals surface area contributed by atoms with Crippen LogP contribution in [0.2, 0.25) is 5.15 Å². The van der Waals surface area contributed by atoms with Gasteiger partial charge in [-0.2, -0.15) is 0 Å². The molecule has 0 saturated heterocycles. The number of hydrogen-bond donors (Lipinski definition) is 0. The van der Waals surface area contributed by atoms with E-state index in [1.807, 2.05) is 18.2 Å². The van der Waals surface area contributed by atoms with E-state index in [0.29, 0.717) is 0 Å². The topological polar surface area (TPSA) is 52.1 Å². The summed E-state index contributed by atoms with van der Waals surface area (Å²) in [4.78, 5) is 19.3. The van der Waals surface area contributed by atoms with Crippen molar-refractivity contribution in [2.75, 3.05) is 0 Å². The summed E-state index contributed by atoms with van der Waals surface area (Å²) in [7, 11) is 0. The number of halogens is 1. The second kappa shape index (κ2) is 5.19. The molecule has 0 aliphatic heterocycles. The van der Waals surface area contributed by atoms with E-state index in [4.69, 9.17) is 16.3 Å². The fourth-order valence-corrected chi connectivity index (χ4v) is 2.71. The predicted molar refractivity (Wildman–Crippen MR) is 79.2 cm³/mol. The van der Waals surface area contributed by atoms with Crippen molar-refractivity contribution in [1.29, 1.82) is 0 Å². The van der Waals surface area contributed by atoms with Crippen LogP contribution < -0.4 is 4.74 Å². The Morgan fingerprint density at radius 1 is 1.25 bits per heavy atom. The Hall–Kier alpha value is -1.98. The lowest BCUT2D eigenvalue weighted by atomic mass is 10.1. The molecule has 100 valence electrons. The fourth-order valence-electron chi connectivity index (χ4n) is 1.85. The lowest BCUT2D eigenvalue weighted by molar-refractivity contribution is -0.131. The van der Waals surface area contributed by atoms with Crippen molar-refractivity contribution in [2.45, 2.75) is 6.92 Å². The van der Waals surface area contributed by atoms with Gasteiger partial charge in [0, 0.05) is 18.7 Å². The number of carbonyl (C=O) groups excluding carboxylic acids is 1. The number of esters is 1. The number of rotatable bonds is 2. The highest BCUT2D eigenvalue weighted by molar-refractivity contribution is 7.16. The number of benzene rings is 1. The van der Waals surface area contributed by atoms with Crippen LogP contribution in [0.25, 0.3) is 21.3 Å². The molecule has 0 amide bonds. The van der Waals surface area contributed by atoms with Crippen molar-refractivity contribution in [3.63, 3.8) is 0 Å². The van der Waals surface area contributed by atoms with E-state index in [-0.39, 0.29) is 10.9 Å². The third kappa shape index (κ3) is 2.50. The standard InChI is InChI=1S/C14H9ClN2O2S/c1-8(18)19-12-4-10(6-16-14(12)15)9-2-3-11-13(5-9)20-7-17-11/h2-7H,1H3. The molecular weight excluding hydrogens is 296 g/mol. The van der Waals surface area contributed by atoms with Gasteiger partial charge in [-0.1, -0.05) is 17.7 Å². The number of nitrogens with zero attached hydrogens (tertiary/aromatic N) is 2. The molecule has 20 heavy (non-hydrogen) atoms. The van der Waals surface area contributed by atoms with E-state index >= 15 is 0 Å². The Kier molecular flexibility index (Phi) is 3.38. The van der Waals surface area contributed by atoms with Gasteiger partial charge in [-0.05, 0) is 23.8 Å². The number of ether oxygens (including phenoxy) is 1. The molecule has 0 bridgehead atoms. The average Bonchev–Trinajstić information content (AvgIpc) is 2.88. The van der Waals surface area contributed by atoms with Gasteiger partial charge in [0.2, 0.25) is 0 Å². The highest BCUT2D eigenvalue weighted by Crippen LogP contribution is 2.31. The lowest BCUT2D eigenvalue weighted by Gasteiger charge is -2.06. The molecule has 0 unspecified atom stereocenters. The van der Waals surface area contributed by atoms with E-state index < -0.39 is 5.97 Å². The first-order valence-electron chi connectivity index (χ1n) is 5.81. The van der Waals surface area contributed by atoms with E-state index in [0.717, 1.165) is 21.3 Å². The first-order valence-corrected chi connectivity index (χ1v) is 7.07. The molecule has 2 heterocycles. The maximum absolute atomic E-state index is 11.0. The molecule has 0 aliphatic carbocycles. The van der Waals surface area contributed by atoms with Crippen molar-refractivity contribution in [2.24, 2.45) is 0 Å². The average molecular weight is 305 g/mol. The van der Waals surface area contributed by atoms with Gasteiger partial charge in [-0.15, -0.1) is 11.3 Å². The van der Waals surface area contributed by atoms with Crippen molar-refractivity contribution in [3.8, 4) is 16.9 Å². The van der Waals surface area contributed by atoms with Gasteiger partial charge in [0.1, 0.15) is 0 Å². The molecule has 0 aliphatic rings. The Morgan fingerprint density at radius 2 is 2.10 bits per heavy atom. The Morgan fingerprint density at radius 3 is 2.90 bits per heavy atom. The molecule has 6 heteroatoms. The van der Waals surface area contributed by atoms with E-state index in [1.54, 1.807) is 29.1 Å². The number of thiazole rings is 1. The lowest BCUT2D eigenvalue weighted by Crippen LogP contribution is -2.02. The molecule has 0 spiro atoms. The number of aromatic nitrogens is 2. The summed E-state index contributed by atoms with van der Waals surface area (Å²) >= 11 is 7.48. The molecule has 0 radical (unpaired) electrons. The van der Waals surface area contributed by atoms with Crippen LogP contribution in [0, 0.1) is 0 Å². The van der Waals surface area contributed by atoms with Gasteiger partial charge in [0.15, 0.2) is 10.9 Å². The van der Waals surface area contributed by atoms with E-state index in [1.165, 1.54) is 6.92 Å². The number of hydrogen-bond acceptors (Lipinski definition) is 5. The zero-order chi connectivity index (χ0) is 14.1. The van der Waals surface area contributed by atoms with Crippen LogP contribution in [0.3, 0.4) is 0 Å². The molecule has 0 atom stereocenters. The van der Waals surface area contributed by atoms with Crippen molar-refractivity contribution >= 4 is 39.1 Å². The molecule has 1 aromatic carbocycles. The maximum atomic E-state index is 11.0. The second-order valence-corrected chi connectivity index (χ2v) is 5.39. The van der Waals surface area contributed by atoms with Gasteiger partial charge in [-0.3, -0.25) is 4.79 Å². The molecule has 2 aromatic heterocycles. The van der Waals surface area contributed by atoms with E-state index in [2.05, 4.69) is 9.97 Å². The second-order valence-electron chi connectivity index (χ2n) is 4.14. The van der Waals surface area contributed by atoms with Crippen LogP contribution in [0.5, 0.6) is 5.75 Å². The van der Waals surface area contributed by atoms with Gasteiger partial charge in [-0.25, -0.2) is 9.97 Å². The minimum atomic E-state index is -0.427. The summed E-state index contributed by atoms with van der Waals surface area (Å²) in [6, 6.07) is 7.63. The smallest absolute Gasteiger partial charge is 0.308 e. The Labute approximate surface area is 124 Å². The van der Waals surface area contributed by atoms with Crippen molar-refractivity contribution < 1.29 is 9.53 Å². The van der Waals surface area contributed by atoms with E-state index in [9.17, 15) is 4.79 Å². The number of fused-ring (bicyclic) bond motifs is 1. The molecule has 0 fully saturated rings. The highest BCUT2D eigenvalue weighted by atomic mass is 35.5. The van der Waals surface area contributed by atoms with Crippen LogP contribution in [0.15, 0.2) is 36.0 Å². The Balaban J connectivity index is 2.06. The van der Waals surface area contributed by atoms with Crippen LogP contribution >= 0.6 is 22.9 Å². The third-order valence-corrected chi connectivity index (χ3v) is 3.80. The van der Waals surface area contributed by atoms with Gasteiger partial charge in [0.05, 0.1) is 15.7 Å². The molecular formula is C14H9ClN2O2S. The minimum absolute atomic E-state index is 0.169. The minimum Gasteiger partial charge on any atom is -0.423 e. The quantitative estimate of drug-likeness (QED) is 0.531. The van der Waals surface area contributed by atoms with Crippen molar-refractivity contribution in [1.82, 2.24) is 9.97 Å². The van der Waals surface area contributed by atoms with Crippen LogP contribution in [-0.2, 0) is 4.79 Å². The van der Waals surface area contributed by atoms with Crippen molar-refractivity contribution in [3.05, 3.63) is 41.1 Å². The number of pyridine rings is 1. The zero-order valence-corrected chi connectivity index (χ0v) is 12.0. The maximum Gasteiger partial charge on any atom is 0.308 e. The predicted octanol–water partition coefficient (Wildman–Crippen LogP) is 3.94. The number of carbonyl (C=O) groups is 1. The van der Waals surface area contributed by atoms with Gasteiger partial charge >= 0.3 is 5.97 Å². The first kappa shape index (κ1) is 13.0. The van der Waals surface area contributed by atoms with Crippen LogP contribution in [0.4, 0.5) is 0 Å². The summed E-state index contributed by atoms with van der Waals surface area (Å²) in [6.07, 6.45) is 1.65. The molecule has 0 N–H and O–H groups in total. The van der Waals surface area contributed by atoms with Crippen LogP contribution in [0.1, 0.15) is 6.92 Å². The molecule has 3 aromatic rings. The van der Waals surface area contributed by atoms with Crippen LogP contribution in [-0.4, -0.2) is 15.9 Å².